The highest BCUT2D eigenvalue weighted by atomic mass is 32.2. The zero-order valence-electron chi connectivity index (χ0n) is 21.4. The molecule has 1 heterocycles. The van der Waals surface area contributed by atoms with Gasteiger partial charge in [0, 0.05) is 29.9 Å². The number of azo groups is 1. The minimum absolute atomic E-state index is 0.00243. The molecule has 0 saturated carbocycles. The Morgan fingerprint density at radius 1 is 0.919 bits per heavy atom. The first-order valence-corrected chi connectivity index (χ1v) is 13.7. The predicted molar refractivity (Wildman–Crippen MR) is 144 cm³/mol. The van der Waals surface area contributed by atoms with Gasteiger partial charge in [-0.15, -0.1) is 10.2 Å². The summed E-state index contributed by atoms with van der Waals surface area (Å²) in [6.07, 6.45) is 1.77. The SMILES string of the molecule is CCCc1ccccc1-n1nc(C)c(/N=N/c2c(O)cc(S(=O)(=O)N(CC)CC)c3ccccc23)c1O. The summed E-state index contributed by atoms with van der Waals surface area (Å²) in [6, 6.07) is 15.7. The molecule has 194 valence electrons. The maximum absolute atomic E-state index is 13.3. The molecular weight excluding hydrogens is 490 g/mol. The highest BCUT2D eigenvalue weighted by molar-refractivity contribution is 7.89. The van der Waals surface area contributed by atoms with Gasteiger partial charge in [0.05, 0.1) is 16.3 Å². The van der Waals surface area contributed by atoms with Crippen LogP contribution < -0.4 is 0 Å². The second-order valence-electron chi connectivity index (χ2n) is 8.63. The molecular formula is C27H31N5O4S. The Labute approximate surface area is 216 Å². The normalized spacial score (nSPS) is 12.2. The van der Waals surface area contributed by atoms with E-state index in [9.17, 15) is 18.6 Å². The highest BCUT2D eigenvalue weighted by Crippen LogP contribution is 2.42. The Bertz CT molecular complexity index is 1570. The maximum Gasteiger partial charge on any atom is 0.243 e. The van der Waals surface area contributed by atoms with Gasteiger partial charge in [-0.3, -0.25) is 0 Å². The van der Waals surface area contributed by atoms with E-state index in [1.54, 1.807) is 45.0 Å². The molecule has 4 aromatic rings. The Morgan fingerprint density at radius 2 is 1.54 bits per heavy atom. The molecule has 0 spiro atoms. The largest absolute Gasteiger partial charge is 0.506 e. The van der Waals surface area contributed by atoms with Gasteiger partial charge in [0.1, 0.15) is 11.4 Å². The summed E-state index contributed by atoms with van der Waals surface area (Å²) in [5.41, 5.74) is 2.52. The third-order valence-electron chi connectivity index (χ3n) is 6.28. The lowest BCUT2D eigenvalue weighted by atomic mass is 10.1. The monoisotopic (exact) mass is 521 g/mol. The highest BCUT2D eigenvalue weighted by Gasteiger charge is 2.26. The van der Waals surface area contributed by atoms with Crippen molar-refractivity contribution in [3.05, 3.63) is 65.9 Å². The number of phenols is 1. The summed E-state index contributed by atoms with van der Waals surface area (Å²) >= 11 is 0. The van der Waals surface area contributed by atoms with Crippen LogP contribution in [-0.2, 0) is 16.4 Å². The zero-order valence-corrected chi connectivity index (χ0v) is 22.2. The van der Waals surface area contributed by atoms with Crippen molar-refractivity contribution in [2.45, 2.75) is 45.4 Å². The van der Waals surface area contributed by atoms with Crippen molar-refractivity contribution in [2.75, 3.05) is 13.1 Å². The topological polar surface area (TPSA) is 120 Å². The smallest absolute Gasteiger partial charge is 0.243 e. The molecule has 9 nitrogen and oxygen atoms in total. The van der Waals surface area contributed by atoms with Crippen molar-refractivity contribution < 1.29 is 18.6 Å². The molecule has 0 radical (unpaired) electrons. The van der Waals surface area contributed by atoms with E-state index in [-0.39, 0.29) is 27.9 Å². The van der Waals surface area contributed by atoms with Crippen LogP contribution >= 0.6 is 0 Å². The van der Waals surface area contributed by atoms with Crippen LogP contribution in [0.15, 0.2) is 69.7 Å². The minimum Gasteiger partial charge on any atom is -0.506 e. The summed E-state index contributed by atoms with van der Waals surface area (Å²) in [5.74, 6) is -0.500. The lowest BCUT2D eigenvalue weighted by molar-refractivity contribution is 0.434. The molecule has 37 heavy (non-hydrogen) atoms. The number of phenolic OH excluding ortho intramolecular Hbond substituents is 1. The molecule has 0 saturated heterocycles. The molecule has 1 aromatic heterocycles. The first kappa shape index (κ1) is 26.3. The molecule has 0 aliphatic carbocycles. The Kier molecular flexibility index (Phi) is 7.60. The number of hydrogen-bond acceptors (Lipinski definition) is 7. The van der Waals surface area contributed by atoms with Crippen LogP contribution in [0.1, 0.15) is 38.4 Å². The maximum atomic E-state index is 13.3. The van der Waals surface area contributed by atoms with Crippen molar-refractivity contribution in [3.63, 3.8) is 0 Å². The molecule has 0 bridgehead atoms. The van der Waals surface area contributed by atoms with Crippen LogP contribution in [0.4, 0.5) is 11.4 Å². The van der Waals surface area contributed by atoms with Crippen molar-refractivity contribution >= 4 is 32.2 Å². The number of aromatic hydroxyl groups is 2. The van der Waals surface area contributed by atoms with Crippen molar-refractivity contribution in [3.8, 4) is 17.3 Å². The first-order valence-electron chi connectivity index (χ1n) is 12.3. The van der Waals surface area contributed by atoms with E-state index in [2.05, 4.69) is 22.3 Å². The molecule has 0 aliphatic rings. The quantitative estimate of drug-likeness (QED) is 0.256. The van der Waals surface area contributed by atoms with Gasteiger partial charge in [0.2, 0.25) is 15.9 Å². The predicted octanol–water partition coefficient (Wildman–Crippen LogP) is 6.14. The standard InChI is InChI=1S/C27H31N5O4S/c1-5-12-19-13-8-11-16-22(19)32-27(34)25(18(4)30-32)28-29-26-21-15-10-9-14-20(21)24(17-23(26)33)37(35,36)31(6-2)7-3/h8-11,13-17,33-34H,5-7,12H2,1-4H3/b29-28+. The number of aryl methyl sites for hydroxylation is 2. The fraction of sp³-hybridized carbons (Fsp3) is 0.296. The van der Waals surface area contributed by atoms with Crippen molar-refractivity contribution in [2.24, 2.45) is 10.2 Å². The van der Waals surface area contributed by atoms with Crippen molar-refractivity contribution in [1.82, 2.24) is 14.1 Å². The lowest BCUT2D eigenvalue weighted by Crippen LogP contribution is -2.30. The van der Waals surface area contributed by atoms with E-state index in [1.807, 2.05) is 24.3 Å². The molecule has 0 aliphatic heterocycles. The van der Waals surface area contributed by atoms with Crippen LogP contribution in [-0.4, -0.2) is 45.8 Å². The summed E-state index contributed by atoms with van der Waals surface area (Å²) < 4.78 is 29.3. The van der Waals surface area contributed by atoms with E-state index in [1.165, 1.54) is 15.1 Å². The third kappa shape index (κ3) is 4.82. The van der Waals surface area contributed by atoms with E-state index in [4.69, 9.17) is 0 Å². The Hall–Kier alpha value is -3.76. The average Bonchev–Trinajstić information content (AvgIpc) is 3.17. The number of rotatable bonds is 9. The van der Waals surface area contributed by atoms with Crippen LogP contribution in [0.5, 0.6) is 11.6 Å². The van der Waals surface area contributed by atoms with Gasteiger partial charge in [-0.05, 0) is 25.0 Å². The second-order valence-corrected chi connectivity index (χ2v) is 10.5. The van der Waals surface area contributed by atoms with E-state index in [0.717, 1.165) is 24.1 Å². The molecule has 0 unspecified atom stereocenters. The lowest BCUT2D eigenvalue weighted by Gasteiger charge is -2.20. The number of para-hydroxylation sites is 1. The van der Waals surface area contributed by atoms with Gasteiger partial charge in [-0.25, -0.2) is 8.42 Å². The first-order chi connectivity index (χ1) is 17.7. The third-order valence-corrected chi connectivity index (χ3v) is 8.37. The van der Waals surface area contributed by atoms with E-state index >= 15 is 0 Å². The summed E-state index contributed by atoms with van der Waals surface area (Å²) in [4.78, 5) is 0.00243. The molecule has 4 rings (SSSR count). The van der Waals surface area contributed by atoms with E-state index < -0.39 is 10.0 Å². The second kappa shape index (κ2) is 10.7. The van der Waals surface area contributed by atoms with Crippen LogP contribution in [0, 0.1) is 6.92 Å². The Balaban J connectivity index is 1.83. The number of fused-ring (bicyclic) bond motifs is 1. The number of nitrogens with zero attached hydrogens (tertiary/aromatic N) is 5. The Morgan fingerprint density at radius 3 is 2.22 bits per heavy atom. The zero-order chi connectivity index (χ0) is 26.7. The van der Waals surface area contributed by atoms with Crippen LogP contribution in [0.25, 0.3) is 16.5 Å². The fourth-order valence-corrected chi connectivity index (χ4v) is 6.10. The van der Waals surface area contributed by atoms with Gasteiger partial charge in [0.25, 0.3) is 0 Å². The summed E-state index contributed by atoms with van der Waals surface area (Å²) in [5, 5.41) is 35.6. The van der Waals surface area contributed by atoms with Crippen molar-refractivity contribution in [1.29, 1.82) is 0 Å². The van der Waals surface area contributed by atoms with Gasteiger partial charge in [-0.1, -0.05) is 69.7 Å². The molecule has 0 fully saturated rings. The molecule has 0 atom stereocenters. The minimum atomic E-state index is -3.84. The summed E-state index contributed by atoms with van der Waals surface area (Å²) in [6.45, 7) is 7.94. The number of benzene rings is 3. The van der Waals surface area contributed by atoms with Crippen LogP contribution in [0.3, 0.4) is 0 Å². The molecule has 10 heteroatoms. The molecule has 0 amide bonds. The van der Waals surface area contributed by atoms with Gasteiger partial charge in [-0.2, -0.15) is 14.1 Å². The molecule has 2 N–H and O–H groups in total. The number of hydrogen-bond donors (Lipinski definition) is 2. The van der Waals surface area contributed by atoms with E-state index in [0.29, 0.717) is 29.6 Å². The average molecular weight is 522 g/mol. The number of aromatic nitrogens is 2. The van der Waals surface area contributed by atoms with Gasteiger partial charge < -0.3 is 10.2 Å². The van der Waals surface area contributed by atoms with Gasteiger partial charge >= 0.3 is 0 Å². The summed E-state index contributed by atoms with van der Waals surface area (Å²) in [7, 11) is -3.84. The van der Waals surface area contributed by atoms with Crippen LogP contribution in [0.2, 0.25) is 0 Å². The number of sulfonamides is 1. The fourth-order valence-electron chi connectivity index (χ4n) is 4.42. The molecule has 3 aromatic carbocycles. The van der Waals surface area contributed by atoms with Gasteiger partial charge in [0.15, 0.2) is 5.69 Å².